The average molecular weight is 319 g/mol. The molecule has 1 heterocycles. The summed E-state index contributed by atoms with van der Waals surface area (Å²) in [6, 6.07) is 9.33. The predicted molar refractivity (Wildman–Crippen MR) is 85.3 cm³/mol. The van der Waals surface area contributed by atoms with Gasteiger partial charge in [0.25, 0.3) is 0 Å². The topological polar surface area (TPSA) is 88.8 Å². The SMILES string of the molecule is COCC(C)(CC(=O)O)NC(=O)C(C)c1cc2ccccc2o1. The lowest BCUT2D eigenvalue weighted by Gasteiger charge is -2.29. The van der Waals surface area contributed by atoms with Crippen molar-refractivity contribution in [3.05, 3.63) is 36.1 Å². The van der Waals surface area contributed by atoms with Crippen LogP contribution in [-0.4, -0.2) is 36.2 Å². The number of carboxylic acids is 1. The molecule has 0 radical (unpaired) electrons. The van der Waals surface area contributed by atoms with Crippen LogP contribution in [0.15, 0.2) is 34.7 Å². The largest absolute Gasteiger partial charge is 0.481 e. The third kappa shape index (κ3) is 4.10. The first-order valence-corrected chi connectivity index (χ1v) is 7.36. The van der Waals surface area contributed by atoms with Crippen LogP contribution in [0, 0.1) is 0 Å². The smallest absolute Gasteiger partial charge is 0.305 e. The highest BCUT2D eigenvalue weighted by Crippen LogP contribution is 2.25. The van der Waals surface area contributed by atoms with Crippen molar-refractivity contribution in [2.75, 3.05) is 13.7 Å². The molecule has 1 aromatic heterocycles. The average Bonchev–Trinajstić information content (AvgIpc) is 2.89. The Bertz CT molecular complexity index is 675. The molecule has 0 aliphatic rings. The lowest BCUT2D eigenvalue weighted by molar-refractivity contribution is -0.139. The zero-order valence-electron chi connectivity index (χ0n) is 13.5. The number of furan rings is 1. The summed E-state index contributed by atoms with van der Waals surface area (Å²) < 4.78 is 10.7. The number of nitrogens with one attached hydrogen (secondary N) is 1. The minimum atomic E-state index is -0.999. The number of hydrogen-bond acceptors (Lipinski definition) is 4. The first-order valence-electron chi connectivity index (χ1n) is 7.36. The van der Waals surface area contributed by atoms with Crippen LogP contribution in [0.1, 0.15) is 31.9 Å². The van der Waals surface area contributed by atoms with E-state index in [1.807, 2.05) is 30.3 Å². The van der Waals surface area contributed by atoms with Crippen LogP contribution < -0.4 is 5.32 Å². The molecule has 2 rings (SSSR count). The van der Waals surface area contributed by atoms with Gasteiger partial charge in [-0.25, -0.2) is 0 Å². The molecule has 0 bridgehead atoms. The molecule has 1 aromatic carbocycles. The molecular weight excluding hydrogens is 298 g/mol. The zero-order valence-corrected chi connectivity index (χ0v) is 13.5. The van der Waals surface area contributed by atoms with Gasteiger partial charge in [-0.1, -0.05) is 18.2 Å². The first-order chi connectivity index (χ1) is 10.8. The number of carbonyl (C=O) groups is 2. The second-order valence-electron chi connectivity index (χ2n) is 5.96. The van der Waals surface area contributed by atoms with Crippen LogP contribution >= 0.6 is 0 Å². The predicted octanol–water partition coefficient (Wildman–Crippen LogP) is 2.53. The molecule has 0 aliphatic carbocycles. The molecule has 2 N–H and O–H groups in total. The lowest BCUT2D eigenvalue weighted by atomic mass is 9.97. The maximum Gasteiger partial charge on any atom is 0.305 e. The number of rotatable bonds is 7. The van der Waals surface area contributed by atoms with Crippen molar-refractivity contribution in [2.24, 2.45) is 0 Å². The number of fused-ring (bicyclic) bond motifs is 1. The maximum absolute atomic E-state index is 12.5. The van der Waals surface area contributed by atoms with Gasteiger partial charge in [0, 0.05) is 12.5 Å². The number of para-hydroxylation sites is 1. The van der Waals surface area contributed by atoms with Gasteiger partial charge in [-0.2, -0.15) is 0 Å². The third-order valence-electron chi connectivity index (χ3n) is 3.69. The molecular formula is C17H21NO5. The molecule has 2 atom stereocenters. The normalized spacial score (nSPS) is 15.1. The van der Waals surface area contributed by atoms with E-state index in [1.54, 1.807) is 13.8 Å². The third-order valence-corrected chi connectivity index (χ3v) is 3.69. The molecule has 2 aromatic rings. The second-order valence-corrected chi connectivity index (χ2v) is 5.96. The Hall–Kier alpha value is -2.34. The Morgan fingerprint density at radius 2 is 2.09 bits per heavy atom. The number of hydrogen-bond donors (Lipinski definition) is 2. The lowest BCUT2D eigenvalue weighted by Crippen LogP contribution is -2.51. The summed E-state index contributed by atoms with van der Waals surface area (Å²) in [5.41, 5.74) is -0.259. The van der Waals surface area contributed by atoms with Crippen LogP contribution in [0.25, 0.3) is 11.0 Å². The van der Waals surface area contributed by atoms with Crippen LogP contribution in [0.4, 0.5) is 0 Å². The van der Waals surface area contributed by atoms with Gasteiger partial charge < -0.3 is 19.6 Å². The Kier molecular flexibility index (Phi) is 5.05. The highest BCUT2D eigenvalue weighted by Gasteiger charge is 2.32. The fraction of sp³-hybridized carbons (Fsp3) is 0.412. The fourth-order valence-electron chi connectivity index (χ4n) is 2.53. The molecule has 2 unspecified atom stereocenters. The molecule has 6 heteroatoms. The van der Waals surface area contributed by atoms with E-state index in [-0.39, 0.29) is 18.9 Å². The fourth-order valence-corrected chi connectivity index (χ4v) is 2.53. The molecule has 6 nitrogen and oxygen atoms in total. The maximum atomic E-state index is 12.5. The highest BCUT2D eigenvalue weighted by molar-refractivity contribution is 5.86. The first kappa shape index (κ1) is 17.0. The van der Waals surface area contributed by atoms with Gasteiger partial charge in [-0.05, 0) is 26.0 Å². The summed E-state index contributed by atoms with van der Waals surface area (Å²) in [4.78, 5) is 23.5. The number of ether oxygens (including phenoxy) is 1. The molecule has 0 aliphatic heterocycles. The van der Waals surface area contributed by atoms with Gasteiger partial charge in [0.15, 0.2) is 0 Å². The molecule has 1 amide bonds. The molecule has 0 saturated carbocycles. The van der Waals surface area contributed by atoms with Crippen LogP contribution in [0.2, 0.25) is 0 Å². The van der Waals surface area contributed by atoms with Gasteiger partial charge in [0.1, 0.15) is 11.3 Å². The van der Waals surface area contributed by atoms with Gasteiger partial charge in [-0.15, -0.1) is 0 Å². The molecule has 23 heavy (non-hydrogen) atoms. The van der Waals surface area contributed by atoms with Crippen molar-refractivity contribution in [3.8, 4) is 0 Å². The standard InChI is InChI=1S/C17H21NO5/c1-11(14-8-12-6-4-5-7-13(12)23-14)16(21)18-17(2,10-22-3)9-15(19)20/h4-8,11H,9-10H2,1-3H3,(H,18,21)(H,19,20). The zero-order chi connectivity index (χ0) is 17.0. The van der Waals surface area contributed by atoms with E-state index in [4.69, 9.17) is 14.3 Å². The molecule has 0 saturated heterocycles. The van der Waals surface area contributed by atoms with Gasteiger partial charge in [0.2, 0.25) is 5.91 Å². The Labute approximate surface area is 134 Å². The van der Waals surface area contributed by atoms with Gasteiger partial charge >= 0.3 is 5.97 Å². The highest BCUT2D eigenvalue weighted by atomic mass is 16.5. The van der Waals surface area contributed by atoms with Crippen LogP contribution in [-0.2, 0) is 14.3 Å². The minimum Gasteiger partial charge on any atom is -0.481 e. The van der Waals surface area contributed by atoms with Crippen LogP contribution in [0.3, 0.4) is 0 Å². The van der Waals surface area contributed by atoms with E-state index < -0.39 is 17.4 Å². The Balaban J connectivity index is 2.15. The monoisotopic (exact) mass is 319 g/mol. The summed E-state index contributed by atoms with van der Waals surface area (Å²) in [6.07, 6.45) is -0.223. The summed E-state index contributed by atoms with van der Waals surface area (Å²) in [6.45, 7) is 3.48. The van der Waals surface area contributed by atoms with Crippen molar-refractivity contribution >= 4 is 22.8 Å². The van der Waals surface area contributed by atoms with Gasteiger partial charge in [-0.3, -0.25) is 9.59 Å². The minimum absolute atomic E-state index is 0.109. The van der Waals surface area contributed by atoms with Crippen molar-refractivity contribution in [1.82, 2.24) is 5.32 Å². The van der Waals surface area contributed by atoms with E-state index in [1.165, 1.54) is 7.11 Å². The van der Waals surface area contributed by atoms with E-state index in [0.29, 0.717) is 11.3 Å². The summed E-state index contributed by atoms with van der Waals surface area (Å²) in [5, 5.41) is 12.7. The number of methoxy groups -OCH3 is 1. The quantitative estimate of drug-likeness (QED) is 0.818. The van der Waals surface area contributed by atoms with E-state index in [0.717, 1.165) is 5.39 Å². The number of aliphatic carboxylic acids is 1. The van der Waals surface area contributed by atoms with Crippen molar-refractivity contribution in [1.29, 1.82) is 0 Å². The summed E-state index contributed by atoms with van der Waals surface area (Å²) in [5.74, 6) is -1.29. The molecule has 124 valence electrons. The van der Waals surface area contributed by atoms with E-state index in [2.05, 4.69) is 5.32 Å². The summed E-state index contributed by atoms with van der Waals surface area (Å²) >= 11 is 0. The van der Waals surface area contributed by atoms with Crippen LogP contribution in [0.5, 0.6) is 0 Å². The Morgan fingerprint density at radius 1 is 1.39 bits per heavy atom. The number of carbonyl (C=O) groups excluding carboxylic acids is 1. The molecule has 0 fully saturated rings. The van der Waals surface area contributed by atoms with Crippen molar-refractivity contribution in [3.63, 3.8) is 0 Å². The van der Waals surface area contributed by atoms with Crippen molar-refractivity contribution < 1.29 is 23.8 Å². The summed E-state index contributed by atoms with van der Waals surface area (Å²) in [7, 11) is 1.47. The van der Waals surface area contributed by atoms with Crippen molar-refractivity contribution in [2.45, 2.75) is 31.7 Å². The Morgan fingerprint density at radius 3 is 2.70 bits per heavy atom. The number of carboxylic acid groups (broad SMARTS) is 1. The van der Waals surface area contributed by atoms with Gasteiger partial charge in [0.05, 0.1) is 24.5 Å². The van der Waals surface area contributed by atoms with E-state index in [9.17, 15) is 9.59 Å². The molecule has 0 spiro atoms. The number of amides is 1. The second kappa shape index (κ2) is 6.83. The van der Waals surface area contributed by atoms with E-state index >= 15 is 0 Å². The number of benzene rings is 1.